The number of aromatic nitrogens is 1. The van der Waals surface area contributed by atoms with E-state index in [9.17, 15) is 14.4 Å². The first-order valence-corrected chi connectivity index (χ1v) is 9.99. The number of hydrogen-bond acceptors (Lipinski definition) is 5. The van der Waals surface area contributed by atoms with Crippen LogP contribution in [0.5, 0.6) is 0 Å². The molecule has 0 radical (unpaired) electrons. The van der Waals surface area contributed by atoms with Crippen LogP contribution in [0.4, 0.5) is 0 Å². The Balaban J connectivity index is 1.58. The number of Topliss-reactive ketones (excluding diaryl/α,β-unsaturated/α-hetero) is 2. The van der Waals surface area contributed by atoms with Crippen molar-refractivity contribution in [2.24, 2.45) is 0 Å². The van der Waals surface area contributed by atoms with Gasteiger partial charge in [0.2, 0.25) is 0 Å². The number of aromatic amines is 1. The molecule has 2 unspecified atom stereocenters. The molecular formula is C24H24N2O4. The second-order valence-electron chi connectivity index (χ2n) is 8.03. The lowest BCUT2D eigenvalue weighted by Crippen LogP contribution is -2.55. The van der Waals surface area contributed by atoms with Crippen LogP contribution in [0, 0.1) is 0 Å². The smallest absolute Gasteiger partial charge is 0.323 e. The van der Waals surface area contributed by atoms with Crippen LogP contribution in [0.25, 0.3) is 10.9 Å². The number of fused-ring (bicyclic) bond motifs is 3. The van der Waals surface area contributed by atoms with E-state index >= 15 is 0 Å². The summed E-state index contributed by atoms with van der Waals surface area (Å²) in [6.45, 7) is 3.14. The topological polar surface area (TPSA) is 88.3 Å². The van der Waals surface area contributed by atoms with E-state index in [1.807, 2.05) is 37.3 Å². The van der Waals surface area contributed by atoms with Gasteiger partial charge in [-0.25, -0.2) is 0 Å². The summed E-state index contributed by atoms with van der Waals surface area (Å²) in [4.78, 5) is 40.5. The average molecular weight is 404 g/mol. The fourth-order valence-electron chi connectivity index (χ4n) is 4.32. The Labute approximate surface area is 174 Å². The van der Waals surface area contributed by atoms with Gasteiger partial charge in [-0.3, -0.25) is 19.7 Å². The zero-order valence-electron chi connectivity index (χ0n) is 17.0. The van der Waals surface area contributed by atoms with Crippen LogP contribution in [0.2, 0.25) is 0 Å². The first-order chi connectivity index (χ1) is 14.4. The molecule has 3 aromatic rings. The minimum atomic E-state index is -0.731. The van der Waals surface area contributed by atoms with E-state index in [2.05, 4.69) is 10.3 Å². The van der Waals surface area contributed by atoms with Gasteiger partial charge in [-0.1, -0.05) is 48.5 Å². The number of ether oxygens (including phenoxy) is 1. The molecule has 2 heterocycles. The number of rotatable bonds is 6. The predicted octanol–water partition coefficient (Wildman–Crippen LogP) is 3.30. The monoisotopic (exact) mass is 404 g/mol. The van der Waals surface area contributed by atoms with Crippen LogP contribution in [0.3, 0.4) is 0 Å². The summed E-state index contributed by atoms with van der Waals surface area (Å²) >= 11 is 0. The maximum absolute atomic E-state index is 12.8. The van der Waals surface area contributed by atoms with Crippen LogP contribution in [0.1, 0.15) is 41.9 Å². The van der Waals surface area contributed by atoms with Gasteiger partial charge >= 0.3 is 5.97 Å². The van der Waals surface area contributed by atoms with Crippen molar-refractivity contribution in [3.05, 3.63) is 71.4 Å². The number of para-hydroxylation sites is 1. The molecule has 1 aliphatic rings. The molecule has 2 N–H and O–H groups in total. The normalized spacial score (nSPS) is 20.5. The number of carbonyl (C=O) groups is 3. The number of carbonyl (C=O) groups excluding carboxylic acids is 3. The van der Waals surface area contributed by atoms with Crippen LogP contribution < -0.4 is 5.32 Å². The Morgan fingerprint density at radius 1 is 1.07 bits per heavy atom. The summed E-state index contributed by atoms with van der Waals surface area (Å²) in [7, 11) is 0. The third-order valence-electron chi connectivity index (χ3n) is 5.59. The molecule has 2 atom stereocenters. The number of esters is 1. The Kier molecular flexibility index (Phi) is 5.26. The highest BCUT2D eigenvalue weighted by molar-refractivity contribution is 5.98. The maximum Gasteiger partial charge on any atom is 0.323 e. The average Bonchev–Trinajstić information content (AvgIpc) is 3.11. The second-order valence-corrected chi connectivity index (χ2v) is 8.03. The molecule has 0 saturated heterocycles. The van der Waals surface area contributed by atoms with E-state index in [1.54, 1.807) is 24.3 Å². The summed E-state index contributed by atoms with van der Waals surface area (Å²) in [5, 5.41) is 4.33. The zero-order chi connectivity index (χ0) is 21.3. The largest absolute Gasteiger partial charge is 0.456 e. The summed E-state index contributed by atoms with van der Waals surface area (Å²) in [6.07, 6.45) is 0.657. The highest BCUT2D eigenvalue weighted by Crippen LogP contribution is 2.37. The molecule has 154 valence electrons. The van der Waals surface area contributed by atoms with E-state index in [1.165, 1.54) is 6.92 Å². The number of ketones is 2. The highest BCUT2D eigenvalue weighted by Gasteiger charge is 2.42. The molecule has 0 amide bonds. The van der Waals surface area contributed by atoms with Crippen LogP contribution >= 0.6 is 0 Å². The van der Waals surface area contributed by atoms with Crippen molar-refractivity contribution in [1.29, 1.82) is 0 Å². The summed E-state index contributed by atoms with van der Waals surface area (Å²) in [5.41, 5.74) is 2.66. The molecule has 0 bridgehead atoms. The number of nitrogens with one attached hydrogen (secondary N) is 2. The number of benzene rings is 2. The molecule has 1 aromatic heterocycles. The van der Waals surface area contributed by atoms with Gasteiger partial charge in [-0.15, -0.1) is 0 Å². The Bertz CT molecular complexity index is 1120. The van der Waals surface area contributed by atoms with Crippen molar-refractivity contribution in [2.45, 2.75) is 38.3 Å². The minimum Gasteiger partial charge on any atom is -0.456 e. The molecule has 0 aliphatic carbocycles. The second kappa shape index (κ2) is 7.88. The van der Waals surface area contributed by atoms with Gasteiger partial charge in [0.25, 0.3) is 0 Å². The summed E-state index contributed by atoms with van der Waals surface area (Å²) < 4.78 is 5.35. The van der Waals surface area contributed by atoms with E-state index in [4.69, 9.17) is 4.74 Å². The summed E-state index contributed by atoms with van der Waals surface area (Å²) in [5.74, 6) is -0.730. The lowest BCUT2D eigenvalue weighted by Gasteiger charge is -2.38. The molecule has 30 heavy (non-hydrogen) atoms. The predicted molar refractivity (Wildman–Crippen MR) is 113 cm³/mol. The standard InChI is InChI=1S/C24H24N2O4/c1-15(27)13-24(2)22-18(17-10-6-7-11-19(17)25-22)12-20(26-24)23(29)30-14-21(28)16-8-4-3-5-9-16/h3-11,20,25-26H,12-14H2,1-2H3. The highest BCUT2D eigenvalue weighted by atomic mass is 16.5. The van der Waals surface area contributed by atoms with E-state index in [0.717, 1.165) is 22.2 Å². The molecular weight excluding hydrogens is 380 g/mol. The van der Waals surface area contributed by atoms with Gasteiger partial charge in [0.05, 0.1) is 5.54 Å². The quantitative estimate of drug-likeness (QED) is 0.486. The van der Waals surface area contributed by atoms with Gasteiger partial charge in [0.15, 0.2) is 12.4 Å². The zero-order valence-corrected chi connectivity index (χ0v) is 17.0. The minimum absolute atomic E-state index is 0.0166. The first kappa shape index (κ1) is 20.0. The van der Waals surface area contributed by atoms with Crippen LogP contribution in [-0.4, -0.2) is 35.2 Å². The molecule has 6 heteroatoms. The maximum atomic E-state index is 12.8. The van der Waals surface area contributed by atoms with Crippen molar-refractivity contribution in [3.8, 4) is 0 Å². The molecule has 0 saturated carbocycles. The van der Waals surface area contributed by atoms with Crippen LogP contribution in [0.15, 0.2) is 54.6 Å². The van der Waals surface area contributed by atoms with E-state index in [-0.39, 0.29) is 24.6 Å². The fraction of sp³-hybridized carbons (Fsp3) is 0.292. The van der Waals surface area contributed by atoms with Gasteiger partial charge in [-0.2, -0.15) is 0 Å². The van der Waals surface area contributed by atoms with Crippen LogP contribution in [-0.2, 0) is 26.3 Å². The third-order valence-corrected chi connectivity index (χ3v) is 5.59. The lowest BCUT2D eigenvalue weighted by molar-refractivity contribution is -0.146. The van der Waals surface area contributed by atoms with Crippen molar-refractivity contribution in [1.82, 2.24) is 10.3 Å². The van der Waals surface area contributed by atoms with Gasteiger partial charge in [0, 0.05) is 35.0 Å². The number of hydrogen-bond donors (Lipinski definition) is 2. The Morgan fingerprint density at radius 2 is 1.77 bits per heavy atom. The Morgan fingerprint density at radius 3 is 2.50 bits per heavy atom. The molecule has 1 aliphatic heterocycles. The SMILES string of the molecule is CC(=O)CC1(C)NC(C(=O)OCC(=O)c2ccccc2)Cc2c1[nH]c1ccccc21. The lowest BCUT2D eigenvalue weighted by atomic mass is 9.82. The number of H-pyrrole nitrogens is 1. The van der Waals surface area contributed by atoms with Gasteiger partial charge in [0.1, 0.15) is 11.8 Å². The van der Waals surface area contributed by atoms with Gasteiger partial charge < -0.3 is 9.72 Å². The van der Waals surface area contributed by atoms with Crippen molar-refractivity contribution >= 4 is 28.4 Å². The molecule has 6 nitrogen and oxygen atoms in total. The fourth-order valence-corrected chi connectivity index (χ4v) is 4.32. The molecule has 0 spiro atoms. The van der Waals surface area contributed by atoms with Crippen molar-refractivity contribution < 1.29 is 19.1 Å². The summed E-state index contributed by atoms with van der Waals surface area (Å²) in [6, 6.07) is 16.0. The van der Waals surface area contributed by atoms with Crippen molar-refractivity contribution in [2.75, 3.05) is 6.61 Å². The van der Waals surface area contributed by atoms with Crippen molar-refractivity contribution in [3.63, 3.8) is 0 Å². The van der Waals surface area contributed by atoms with E-state index < -0.39 is 17.6 Å². The molecule has 0 fully saturated rings. The Hall–Kier alpha value is -3.25. The third kappa shape index (κ3) is 3.78. The molecule has 4 rings (SSSR count). The van der Waals surface area contributed by atoms with Gasteiger partial charge in [-0.05, 0) is 25.5 Å². The first-order valence-electron chi connectivity index (χ1n) is 9.99. The van der Waals surface area contributed by atoms with E-state index in [0.29, 0.717) is 12.0 Å². The molecule has 2 aromatic carbocycles.